The van der Waals surface area contributed by atoms with Gasteiger partial charge in [-0.25, -0.2) is 4.39 Å². The van der Waals surface area contributed by atoms with E-state index in [4.69, 9.17) is 4.74 Å². The van der Waals surface area contributed by atoms with Crippen LogP contribution in [0, 0.1) is 5.82 Å². The Morgan fingerprint density at radius 3 is 2.93 bits per heavy atom. The van der Waals surface area contributed by atoms with Crippen molar-refractivity contribution in [1.29, 1.82) is 0 Å². The van der Waals surface area contributed by atoms with Crippen LogP contribution in [-0.2, 0) is 6.54 Å². The van der Waals surface area contributed by atoms with E-state index >= 15 is 0 Å². The summed E-state index contributed by atoms with van der Waals surface area (Å²) in [5, 5.41) is 4.01. The normalized spacial score (nSPS) is 10.3. The number of aromatic nitrogens is 2. The van der Waals surface area contributed by atoms with Gasteiger partial charge in [0, 0.05) is 24.0 Å². The molecule has 4 heteroatoms. The predicted octanol–water partition coefficient (Wildman–Crippen LogP) is 2.08. The third-order valence-electron chi connectivity index (χ3n) is 2.15. The SMILES string of the molecule is COc1ccc(Cn2cccn2)c(F)c1. The van der Waals surface area contributed by atoms with Crippen LogP contribution >= 0.6 is 0 Å². The van der Waals surface area contributed by atoms with Crippen LogP contribution < -0.4 is 4.74 Å². The van der Waals surface area contributed by atoms with Crippen LogP contribution in [0.1, 0.15) is 5.56 Å². The number of rotatable bonds is 3. The second kappa shape index (κ2) is 4.13. The third-order valence-corrected chi connectivity index (χ3v) is 2.15. The number of halogens is 1. The molecule has 0 fully saturated rings. The van der Waals surface area contributed by atoms with E-state index in [1.54, 1.807) is 35.3 Å². The summed E-state index contributed by atoms with van der Waals surface area (Å²) < 4.78 is 20.1. The van der Waals surface area contributed by atoms with Gasteiger partial charge in [-0.05, 0) is 12.1 Å². The molecule has 1 heterocycles. The minimum absolute atomic E-state index is 0.273. The summed E-state index contributed by atoms with van der Waals surface area (Å²) >= 11 is 0. The van der Waals surface area contributed by atoms with Crippen LogP contribution in [0.25, 0.3) is 0 Å². The van der Waals surface area contributed by atoms with Crippen molar-refractivity contribution in [2.75, 3.05) is 7.11 Å². The molecule has 0 radical (unpaired) electrons. The molecule has 0 aliphatic rings. The summed E-state index contributed by atoms with van der Waals surface area (Å²) in [4.78, 5) is 0. The average Bonchev–Trinajstić information content (AvgIpc) is 2.74. The Labute approximate surface area is 87.1 Å². The van der Waals surface area contributed by atoms with Crippen LogP contribution in [0.15, 0.2) is 36.7 Å². The minimum Gasteiger partial charge on any atom is -0.497 e. The second-order valence-electron chi connectivity index (χ2n) is 3.16. The molecule has 1 aromatic heterocycles. The van der Waals surface area contributed by atoms with Gasteiger partial charge in [0.1, 0.15) is 11.6 Å². The van der Waals surface area contributed by atoms with Crippen molar-refractivity contribution in [2.24, 2.45) is 0 Å². The van der Waals surface area contributed by atoms with Crippen molar-refractivity contribution in [3.63, 3.8) is 0 Å². The summed E-state index contributed by atoms with van der Waals surface area (Å²) in [6, 6.07) is 6.62. The third kappa shape index (κ3) is 2.15. The summed E-state index contributed by atoms with van der Waals surface area (Å²) in [5.74, 6) is 0.251. The van der Waals surface area contributed by atoms with E-state index in [1.807, 2.05) is 0 Å². The van der Waals surface area contributed by atoms with Gasteiger partial charge in [0.25, 0.3) is 0 Å². The first-order valence-electron chi connectivity index (χ1n) is 4.59. The van der Waals surface area contributed by atoms with Gasteiger partial charge in [-0.15, -0.1) is 0 Å². The molecule has 78 valence electrons. The number of benzene rings is 1. The highest BCUT2D eigenvalue weighted by Gasteiger charge is 2.04. The molecular weight excluding hydrogens is 195 g/mol. The molecule has 3 nitrogen and oxygen atoms in total. The van der Waals surface area contributed by atoms with E-state index in [0.29, 0.717) is 17.9 Å². The Morgan fingerprint density at radius 1 is 1.47 bits per heavy atom. The molecule has 0 unspecified atom stereocenters. The number of ether oxygens (including phenoxy) is 1. The van der Waals surface area contributed by atoms with Gasteiger partial charge in [0.05, 0.1) is 13.7 Å². The van der Waals surface area contributed by atoms with Gasteiger partial charge in [-0.3, -0.25) is 4.68 Å². The van der Waals surface area contributed by atoms with Gasteiger partial charge in [0.2, 0.25) is 0 Å². The van der Waals surface area contributed by atoms with E-state index in [0.717, 1.165) is 0 Å². The standard InChI is InChI=1S/C11H11FN2O/c1-15-10-4-3-9(11(12)7-10)8-14-6-2-5-13-14/h2-7H,8H2,1H3. The molecule has 0 amide bonds. The lowest BCUT2D eigenvalue weighted by molar-refractivity contribution is 0.410. The molecule has 0 N–H and O–H groups in total. The molecule has 0 saturated heterocycles. The summed E-state index contributed by atoms with van der Waals surface area (Å²) in [5.41, 5.74) is 0.597. The molecule has 0 spiro atoms. The number of nitrogens with zero attached hydrogens (tertiary/aromatic N) is 2. The van der Waals surface area contributed by atoms with Crippen LogP contribution in [0.5, 0.6) is 5.75 Å². The van der Waals surface area contributed by atoms with Crippen LogP contribution in [0.2, 0.25) is 0 Å². The lowest BCUT2D eigenvalue weighted by Gasteiger charge is -2.05. The van der Waals surface area contributed by atoms with Crippen molar-refractivity contribution in [3.05, 3.63) is 48.0 Å². The lowest BCUT2D eigenvalue weighted by Crippen LogP contribution is -2.02. The second-order valence-corrected chi connectivity index (χ2v) is 3.16. The highest BCUT2D eigenvalue weighted by molar-refractivity contribution is 5.28. The Bertz CT molecular complexity index is 440. The fourth-order valence-electron chi connectivity index (χ4n) is 1.35. The van der Waals surface area contributed by atoms with Gasteiger partial charge in [-0.2, -0.15) is 5.10 Å². The molecule has 2 aromatic rings. The quantitative estimate of drug-likeness (QED) is 0.768. The van der Waals surface area contributed by atoms with Crippen molar-refractivity contribution in [2.45, 2.75) is 6.54 Å². The summed E-state index contributed by atoms with van der Waals surface area (Å²) in [7, 11) is 1.52. The molecule has 0 bridgehead atoms. The van der Waals surface area contributed by atoms with E-state index in [1.165, 1.54) is 13.2 Å². The molecule has 0 atom stereocenters. The Morgan fingerprint density at radius 2 is 2.33 bits per heavy atom. The summed E-state index contributed by atoms with van der Waals surface area (Å²) in [6.07, 6.45) is 3.46. The fourth-order valence-corrected chi connectivity index (χ4v) is 1.35. The smallest absolute Gasteiger partial charge is 0.131 e. The summed E-state index contributed by atoms with van der Waals surface area (Å²) in [6.45, 7) is 0.433. The van der Waals surface area contributed by atoms with Gasteiger partial charge in [0.15, 0.2) is 0 Å². The predicted molar refractivity (Wildman–Crippen MR) is 54.3 cm³/mol. The minimum atomic E-state index is -0.273. The van der Waals surface area contributed by atoms with Gasteiger partial charge >= 0.3 is 0 Å². The monoisotopic (exact) mass is 206 g/mol. The average molecular weight is 206 g/mol. The van der Waals surface area contributed by atoms with Crippen molar-refractivity contribution in [3.8, 4) is 5.75 Å². The first kappa shape index (κ1) is 9.71. The van der Waals surface area contributed by atoms with E-state index in [9.17, 15) is 4.39 Å². The van der Waals surface area contributed by atoms with E-state index in [-0.39, 0.29) is 5.82 Å². The van der Waals surface area contributed by atoms with Crippen molar-refractivity contribution >= 4 is 0 Å². The topological polar surface area (TPSA) is 27.1 Å². The number of hydrogen-bond acceptors (Lipinski definition) is 2. The molecule has 0 saturated carbocycles. The molecule has 0 aliphatic carbocycles. The first-order valence-corrected chi connectivity index (χ1v) is 4.59. The van der Waals surface area contributed by atoms with E-state index in [2.05, 4.69) is 5.10 Å². The highest BCUT2D eigenvalue weighted by atomic mass is 19.1. The lowest BCUT2D eigenvalue weighted by atomic mass is 10.2. The fraction of sp³-hybridized carbons (Fsp3) is 0.182. The van der Waals surface area contributed by atoms with Crippen LogP contribution in [-0.4, -0.2) is 16.9 Å². The molecule has 2 rings (SSSR count). The van der Waals surface area contributed by atoms with E-state index < -0.39 is 0 Å². The maximum Gasteiger partial charge on any atom is 0.131 e. The largest absolute Gasteiger partial charge is 0.497 e. The van der Waals surface area contributed by atoms with Crippen molar-refractivity contribution < 1.29 is 9.13 Å². The van der Waals surface area contributed by atoms with Crippen molar-refractivity contribution in [1.82, 2.24) is 9.78 Å². The number of methoxy groups -OCH3 is 1. The van der Waals surface area contributed by atoms with Crippen LogP contribution in [0.3, 0.4) is 0 Å². The van der Waals surface area contributed by atoms with Gasteiger partial charge in [-0.1, -0.05) is 6.07 Å². The first-order chi connectivity index (χ1) is 7.29. The maximum absolute atomic E-state index is 13.5. The highest BCUT2D eigenvalue weighted by Crippen LogP contribution is 2.16. The molecular formula is C11H11FN2O. The van der Waals surface area contributed by atoms with Crippen LogP contribution in [0.4, 0.5) is 4.39 Å². The Balaban J connectivity index is 2.22. The Kier molecular flexibility index (Phi) is 2.67. The zero-order valence-electron chi connectivity index (χ0n) is 8.35. The Hall–Kier alpha value is -1.84. The van der Waals surface area contributed by atoms with Gasteiger partial charge < -0.3 is 4.74 Å². The molecule has 1 aromatic carbocycles. The number of hydrogen-bond donors (Lipinski definition) is 0. The zero-order chi connectivity index (χ0) is 10.7. The zero-order valence-corrected chi connectivity index (χ0v) is 8.35. The molecule has 15 heavy (non-hydrogen) atoms. The molecule has 0 aliphatic heterocycles. The maximum atomic E-state index is 13.5.